The van der Waals surface area contributed by atoms with E-state index in [1.807, 2.05) is 0 Å². The van der Waals surface area contributed by atoms with Gasteiger partial charge in [0.25, 0.3) is 5.91 Å². The molecule has 1 atom stereocenters. The van der Waals surface area contributed by atoms with Gasteiger partial charge in [0.1, 0.15) is 17.7 Å². The predicted octanol–water partition coefficient (Wildman–Crippen LogP) is 2.02. The molecule has 0 radical (unpaired) electrons. The Bertz CT molecular complexity index is 768. The standard InChI is InChI=1S/C17H18F2N2O3/c1-17(2,3)13-10(18)6-8-9(14(13)19)7-21(16(8)24)11-4-5-12(22)20-15(11)23/h6,11H,4-5,7H2,1-3H3,(H,20,22,23). The summed E-state index contributed by atoms with van der Waals surface area (Å²) in [6, 6.07) is 0.205. The maximum atomic E-state index is 14.8. The largest absolute Gasteiger partial charge is 0.322 e. The zero-order valence-electron chi connectivity index (χ0n) is 13.7. The first-order valence-electron chi connectivity index (χ1n) is 7.77. The van der Waals surface area contributed by atoms with Gasteiger partial charge in [-0.2, -0.15) is 0 Å². The Morgan fingerprint density at radius 3 is 2.46 bits per heavy atom. The summed E-state index contributed by atoms with van der Waals surface area (Å²) in [7, 11) is 0. The molecular weight excluding hydrogens is 318 g/mol. The number of piperidine rings is 1. The molecule has 1 unspecified atom stereocenters. The number of rotatable bonds is 1. The lowest BCUT2D eigenvalue weighted by Crippen LogP contribution is -2.52. The Morgan fingerprint density at radius 1 is 1.21 bits per heavy atom. The van der Waals surface area contributed by atoms with E-state index in [2.05, 4.69) is 5.32 Å². The third-order valence-corrected chi connectivity index (χ3v) is 4.48. The maximum absolute atomic E-state index is 14.8. The number of hydrogen-bond donors (Lipinski definition) is 1. The van der Waals surface area contributed by atoms with E-state index in [0.717, 1.165) is 6.07 Å². The van der Waals surface area contributed by atoms with Gasteiger partial charge in [0, 0.05) is 17.5 Å². The van der Waals surface area contributed by atoms with E-state index in [1.165, 1.54) is 4.90 Å². The van der Waals surface area contributed by atoms with Gasteiger partial charge >= 0.3 is 0 Å². The molecule has 1 fully saturated rings. The molecule has 0 aromatic heterocycles. The number of amides is 3. The molecule has 128 valence electrons. The van der Waals surface area contributed by atoms with Crippen molar-refractivity contribution in [3.8, 4) is 0 Å². The van der Waals surface area contributed by atoms with Crippen LogP contribution in [0.25, 0.3) is 0 Å². The van der Waals surface area contributed by atoms with Crippen molar-refractivity contribution in [1.29, 1.82) is 0 Å². The number of carbonyl (C=O) groups is 3. The molecule has 0 spiro atoms. The molecule has 2 aliphatic rings. The Balaban J connectivity index is 2.00. The number of benzene rings is 1. The van der Waals surface area contributed by atoms with Crippen LogP contribution in [-0.4, -0.2) is 28.7 Å². The molecule has 2 aliphatic heterocycles. The minimum Gasteiger partial charge on any atom is -0.322 e. The van der Waals surface area contributed by atoms with E-state index in [0.29, 0.717) is 0 Å². The van der Waals surface area contributed by atoms with Crippen LogP contribution in [0.4, 0.5) is 8.78 Å². The van der Waals surface area contributed by atoms with Crippen LogP contribution in [0, 0.1) is 11.6 Å². The van der Waals surface area contributed by atoms with Gasteiger partial charge in [0.2, 0.25) is 11.8 Å². The van der Waals surface area contributed by atoms with Gasteiger partial charge in [-0.25, -0.2) is 8.78 Å². The zero-order valence-corrected chi connectivity index (χ0v) is 13.7. The van der Waals surface area contributed by atoms with E-state index < -0.39 is 40.8 Å². The van der Waals surface area contributed by atoms with E-state index in [1.54, 1.807) is 20.8 Å². The summed E-state index contributed by atoms with van der Waals surface area (Å²) in [5.41, 5.74) is -0.771. The van der Waals surface area contributed by atoms with Crippen molar-refractivity contribution < 1.29 is 23.2 Å². The number of imide groups is 1. The summed E-state index contributed by atoms with van der Waals surface area (Å²) >= 11 is 0. The van der Waals surface area contributed by atoms with Crippen LogP contribution in [0.1, 0.15) is 55.1 Å². The van der Waals surface area contributed by atoms with Gasteiger partial charge in [0.15, 0.2) is 0 Å². The average Bonchev–Trinajstić information content (AvgIpc) is 2.75. The van der Waals surface area contributed by atoms with Gasteiger partial charge in [-0.3, -0.25) is 19.7 Å². The van der Waals surface area contributed by atoms with Crippen molar-refractivity contribution in [2.45, 2.75) is 51.6 Å². The second kappa shape index (κ2) is 5.36. The summed E-state index contributed by atoms with van der Waals surface area (Å²) in [4.78, 5) is 36.9. The first-order chi connectivity index (χ1) is 11.1. The van der Waals surface area contributed by atoms with Crippen LogP contribution < -0.4 is 5.32 Å². The molecule has 1 saturated heterocycles. The molecule has 7 heteroatoms. The molecule has 3 amide bonds. The van der Waals surface area contributed by atoms with Crippen LogP contribution in [-0.2, 0) is 21.5 Å². The summed E-state index contributed by atoms with van der Waals surface area (Å²) < 4.78 is 29.2. The molecule has 0 aliphatic carbocycles. The van der Waals surface area contributed by atoms with Crippen LogP contribution >= 0.6 is 0 Å². The van der Waals surface area contributed by atoms with Gasteiger partial charge in [0.05, 0.1) is 12.1 Å². The highest BCUT2D eigenvalue weighted by Crippen LogP contribution is 2.36. The highest BCUT2D eigenvalue weighted by atomic mass is 19.1. The van der Waals surface area contributed by atoms with Crippen molar-refractivity contribution in [3.05, 3.63) is 34.4 Å². The quantitative estimate of drug-likeness (QED) is 0.798. The van der Waals surface area contributed by atoms with Crippen LogP contribution in [0.3, 0.4) is 0 Å². The van der Waals surface area contributed by atoms with Gasteiger partial charge in [-0.05, 0) is 17.9 Å². The third kappa shape index (κ3) is 2.48. The highest BCUT2D eigenvalue weighted by Gasteiger charge is 2.42. The molecular formula is C17H18F2N2O3. The second-order valence-corrected chi connectivity index (χ2v) is 7.22. The topological polar surface area (TPSA) is 66.5 Å². The number of fused-ring (bicyclic) bond motifs is 1. The lowest BCUT2D eigenvalue weighted by molar-refractivity contribution is -0.136. The molecule has 24 heavy (non-hydrogen) atoms. The molecule has 2 heterocycles. The van der Waals surface area contributed by atoms with Gasteiger partial charge in [-0.1, -0.05) is 20.8 Å². The molecule has 5 nitrogen and oxygen atoms in total. The van der Waals surface area contributed by atoms with Crippen molar-refractivity contribution in [2.24, 2.45) is 0 Å². The average molecular weight is 336 g/mol. The molecule has 0 saturated carbocycles. The van der Waals surface area contributed by atoms with Crippen LogP contribution in [0.5, 0.6) is 0 Å². The van der Waals surface area contributed by atoms with Crippen molar-refractivity contribution in [1.82, 2.24) is 10.2 Å². The van der Waals surface area contributed by atoms with E-state index in [4.69, 9.17) is 0 Å². The van der Waals surface area contributed by atoms with Crippen LogP contribution in [0.2, 0.25) is 0 Å². The Kier molecular flexibility index (Phi) is 3.69. The van der Waals surface area contributed by atoms with Crippen molar-refractivity contribution >= 4 is 17.7 Å². The normalized spacial score (nSPS) is 21.1. The number of nitrogens with one attached hydrogen (secondary N) is 1. The fraction of sp³-hybridized carbons (Fsp3) is 0.471. The number of nitrogens with zero attached hydrogens (tertiary/aromatic N) is 1. The number of hydrogen-bond acceptors (Lipinski definition) is 3. The zero-order chi connectivity index (χ0) is 17.8. The SMILES string of the molecule is CC(C)(C)c1c(F)cc2c(c1F)CN(C1CCC(=O)NC1=O)C2=O. The Labute approximate surface area is 138 Å². The lowest BCUT2D eigenvalue weighted by atomic mass is 9.84. The predicted molar refractivity (Wildman–Crippen MR) is 81.1 cm³/mol. The third-order valence-electron chi connectivity index (χ3n) is 4.48. The van der Waals surface area contributed by atoms with Crippen LogP contribution in [0.15, 0.2) is 6.07 Å². The number of carbonyl (C=O) groups excluding carboxylic acids is 3. The maximum Gasteiger partial charge on any atom is 0.255 e. The molecule has 3 rings (SSSR count). The van der Waals surface area contributed by atoms with Gasteiger partial charge < -0.3 is 4.90 Å². The number of halogens is 2. The summed E-state index contributed by atoms with van der Waals surface area (Å²) in [6.07, 6.45) is 0.293. The van der Waals surface area contributed by atoms with Gasteiger partial charge in [-0.15, -0.1) is 0 Å². The Hall–Kier alpha value is -2.31. The summed E-state index contributed by atoms with van der Waals surface area (Å²) in [6.45, 7) is 4.97. The van der Waals surface area contributed by atoms with Crippen molar-refractivity contribution in [3.63, 3.8) is 0 Å². The fourth-order valence-corrected chi connectivity index (χ4v) is 3.32. The fourth-order valence-electron chi connectivity index (χ4n) is 3.32. The minimum absolute atomic E-state index is 0.0531. The Morgan fingerprint density at radius 2 is 1.88 bits per heavy atom. The molecule has 1 aromatic rings. The minimum atomic E-state index is -0.844. The second-order valence-electron chi connectivity index (χ2n) is 7.22. The molecule has 1 aromatic carbocycles. The molecule has 1 N–H and O–H groups in total. The monoisotopic (exact) mass is 336 g/mol. The first-order valence-corrected chi connectivity index (χ1v) is 7.77. The lowest BCUT2D eigenvalue weighted by Gasteiger charge is -2.29. The first kappa shape index (κ1) is 16.5. The van der Waals surface area contributed by atoms with E-state index in [9.17, 15) is 23.2 Å². The van der Waals surface area contributed by atoms with Crippen molar-refractivity contribution in [2.75, 3.05) is 0 Å². The van der Waals surface area contributed by atoms with E-state index in [-0.39, 0.29) is 36.1 Å². The highest BCUT2D eigenvalue weighted by molar-refractivity contribution is 6.05. The summed E-state index contributed by atoms with van der Waals surface area (Å²) in [5, 5.41) is 2.18. The summed E-state index contributed by atoms with van der Waals surface area (Å²) in [5.74, 6) is -3.06. The molecule has 0 bridgehead atoms. The van der Waals surface area contributed by atoms with E-state index >= 15 is 0 Å². The smallest absolute Gasteiger partial charge is 0.255 e.